The number of nitrogens with one attached hydrogen (secondary N) is 1. The standard InChI is InChI=1S/C23H18ClN3O3/c1-30-20-4-2-3-18-19(22(28)23(29)26-17-9-11-25-12-10-17)14-27(21(18)20)13-15-5-7-16(24)8-6-15/h2-12,14H,13H2,1H3,(H,25,26,29). The largest absolute Gasteiger partial charge is 0.495 e. The van der Waals surface area contributed by atoms with Gasteiger partial charge >= 0.3 is 0 Å². The van der Waals surface area contributed by atoms with Gasteiger partial charge < -0.3 is 14.6 Å². The van der Waals surface area contributed by atoms with Crippen LogP contribution in [0.25, 0.3) is 10.9 Å². The number of rotatable bonds is 6. The Kier molecular flexibility index (Phi) is 5.50. The van der Waals surface area contributed by atoms with Gasteiger partial charge in [-0.25, -0.2) is 0 Å². The molecule has 0 bridgehead atoms. The van der Waals surface area contributed by atoms with Crippen LogP contribution in [0.1, 0.15) is 15.9 Å². The smallest absolute Gasteiger partial charge is 0.296 e. The van der Waals surface area contributed by atoms with E-state index in [-0.39, 0.29) is 0 Å². The molecule has 2 heterocycles. The van der Waals surface area contributed by atoms with Crippen LogP contribution in [0.4, 0.5) is 5.69 Å². The molecule has 0 atom stereocenters. The van der Waals surface area contributed by atoms with Crippen molar-refractivity contribution in [1.82, 2.24) is 9.55 Å². The zero-order valence-corrected chi connectivity index (χ0v) is 16.9. The molecule has 0 spiro atoms. The number of pyridine rings is 1. The lowest BCUT2D eigenvalue weighted by Gasteiger charge is -2.09. The second kappa shape index (κ2) is 8.39. The third-order valence-corrected chi connectivity index (χ3v) is 4.99. The van der Waals surface area contributed by atoms with Crippen LogP contribution in [-0.2, 0) is 11.3 Å². The number of benzene rings is 2. The first-order chi connectivity index (χ1) is 14.6. The van der Waals surface area contributed by atoms with Crippen LogP contribution in [0, 0.1) is 0 Å². The highest BCUT2D eigenvalue weighted by Crippen LogP contribution is 2.31. The number of Topliss-reactive ketones (excluding diaryl/α,β-unsaturated/α-hetero) is 1. The Bertz CT molecular complexity index is 1220. The number of aromatic nitrogens is 2. The normalized spacial score (nSPS) is 10.7. The number of fused-ring (bicyclic) bond motifs is 1. The van der Waals surface area contributed by atoms with Crippen molar-refractivity contribution < 1.29 is 14.3 Å². The molecule has 0 unspecified atom stereocenters. The van der Waals surface area contributed by atoms with E-state index in [0.29, 0.717) is 34.0 Å². The summed E-state index contributed by atoms with van der Waals surface area (Å²) in [6.45, 7) is 0.493. The molecule has 1 amide bonds. The lowest BCUT2D eigenvalue weighted by Crippen LogP contribution is -2.22. The maximum absolute atomic E-state index is 13.0. The Morgan fingerprint density at radius 3 is 2.50 bits per heavy atom. The topological polar surface area (TPSA) is 73.2 Å². The molecule has 7 heteroatoms. The van der Waals surface area contributed by atoms with Crippen molar-refractivity contribution in [2.45, 2.75) is 6.54 Å². The fourth-order valence-corrected chi connectivity index (χ4v) is 3.45. The van der Waals surface area contributed by atoms with E-state index in [2.05, 4.69) is 10.3 Å². The van der Waals surface area contributed by atoms with Crippen molar-refractivity contribution in [3.05, 3.63) is 89.3 Å². The molecule has 0 aliphatic carbocycles. The first-order valence-corrected chi connectivity index (χ1v) is 9.60. The summed E-state index contributed by atoms with van der Waals surface area (Å²) in [6.07, 6.45) is 4.78. The van der Waals surface area contributed by atoms with E-state index < -0.39 is 11.7 Å². The SMILES string of the molecule is COc1cccc2c(C(=O)C(=O)Nc3ccncc3)cn(Cc3ccc(Cl)cc3)c12. The molecule has 150 valence electrons. The van der Waals surface area contributed by atoms with E-state index >= 15 is 0 Å². The Hall–Kier alpha value is -3.64. The number of carbonyl (C=O) groups is 2. The number of methoxy groups -OCH3 is 1. The third kappa shape index (κ3) is 3.90. The molecule has 0 aliphatic rings. The van der Waals surface area contributed by atoms with Crippen molar-refractivity contribution in [3.63, 3.8) is 0 Å². The maximum Gasteiger partial charge on any atom is 0.296 e. The molecule has 0 saturated carbocycles. The van der Waals surface area contributed by atoms with Gasteiger partial charge in [0.15, 0.2) is 0 Å². The van der Waals surface area contributed by atoms with Crippen molar-refractivity contribution in [2.24, 2.45) is 0 Å². The predicted octanol–water partition coefficient (Wildman–Crippen LogP) is 4.57. The highest BCUT2D eigenvalue weighted by Gasteiger charge is 2.23. The van der Waals surface area contributed by atoms with Gasteiger partial charge in [-0.05, 0) is 35.9 Å². The summed E-state index contributed by atoms with van der Waals surface area (Å²) in [6, 6.07) is 16.1. The van der Waals surface area contributed by atoms with Gasteiger partial charge in [0, 0.05) is 41.2 Å². The van der Waals surface area contributed by atoms with Gasteiger partial charge in [-0.1, -0.05) is 35.9 Å². The van der Waals surface area contributed by atoms with Crippen LogP contribution in [-0.4, -0.2) is 28.4 Å². The molecule has 6 nitrogen and oxygen atoms in total. The summed E-state index contributed by atoms with van der Waals surface area (Å²) < 4.78 is 7.42. The summed E-state index contributed by atoms with van der Waals surface area (Å²) in [5.41, 5.74) is 2.56. The van der Waals surface area contributed by atoms with Crippen molar-refractivity contribution >= 4 is 39.9 Å². The highest BCUT2D eigenvalue weighted by atomic mass is 35.5. The number of carbonyl (C=O) groups excluding carboxylic acids is 2. The van der Waals surface area contributed by atoms with E-state index in [4.69, 9.17) is 16.3 Å². The summed E-state index contributed by atoms with van der Waals surface area (Å²) in [7, 11) is 1.58. The van der Waals surface area contributed by atoms with E-state index in [1.807, 2.05) is 41.0 Å². The monoisotopic (exact) mass is 419 g/mol. The van der Waals surface area contributed by atoms with E-state index in [1.54, 1.807) is 43.9 Å². The summed E-state index contributed by atoms with van der Waals surface area (Å²) in [5.74, 6) is -0.718. The lowest BCUT2D eigenvalue weighted by atomic mass is 10.1. The number of nitrogens with zero attached hydrogens (tertiary/aromatic N) is 2. The van der Waals surface area contributed by atoms with E-state index in [0.717, 1.165) is 11.1 Å². The number of ether oxygens (including phenoxy) is 1. The molecular weight excluding hydrogens is 402 g/mol. The molecule has 0 fully saturated rings. The number of halogens is 1. The molecule has 1 N–H and O–H groups in total. The van der Waals surface area contributed by atoms with Crippen LogP contribution >= 0.6 is 11.6 Å². The number of para-hydroxylation sites is 1. The van der Waals surface area contributed by atoms with Crippen molar-refractivity contribution in [2.75, 3.05) is 12.4 Å². The van der Waals surface area contributed by atoms with Crippen LogP contribution in [0.2, 0.25) is 5.02 Å². The first kappa shape index (κ1) is 19.7. The Balaban J connectivity index is 1.73. The van der Waals surface area contributed by atoms with Gasteiger partial charge in [0.1, 0.15) is 5.75 Å². The number of hydrogen-bond donors (Lipinski definition) is 1. The minimum atomic E-state index is -0.713. The lowest BCUT2D eigenvalue weighted by molar-refractivity contribution is -0.112. The van der Waals surface area contributed by atoms with Gasteiger partial charge in [0.25, 0.3) is 11.7 Å². The number of hydrogen-bond acceptors (Lipinski definition) is 4. The van der Waals surface area contributed by atoms with Gasteiger partial charge in [0.05, 0.1) is 18.2 Å². The van der Waals surface area contributed by atoms with Crippen LogP contribution in [0.3, 0.4) is 0 Å². The van der Waals surface area contributed by atoms with Crippen molar-refractivity contribution in [1.29, 1.82) is 0 Å². The number of amides is 1. The van der Waals surface area contributed by atoms with E-state index in [1.165, 1.54) is 0 Å². The second-order valence-corrected chi connectivity index (χ2v) is 7.11. The number of anilines is 1. The van der Waals surface area contributed by atoms with Crippen LogP contribution in [0.15, 0.2) is 73.2 Å². The second-order valence-electron chi connectivity index (χ2n) is 6.67. The molecule has 2 aromatic carbocycles. The quantitative estimate of drug-likeness (QED) is 0.367. The molecular formula is C23H18ClN3O3. The van der Waals surface area contributed by atoms with Gasteiger partial charge in [-0.2, -0.15) is 0 Å². The van der Waals surface area contributed by atoms with Gasteiger partial charge in [-0.3, -0.25) is 14.6 Å². The minimum absolute atomic E-state index is 0.310. The fourth-order valence-electron chi connectivity index (χ4n) is 3.33. The third-order valence-electron chi connectivity index (χ3n) is 4.74. The van der Waals surface area contributed by atoms with Crippen molar-refractivity contribution in [3.8, 4) is 5.75 Å². The summed E-state index contributed by atoms with van der Waals surface area (Å²) >= 11 is 5.98. The molecule has 2 aromatic heterocycles. The first-order valence-electron chi connectivity index (χ1n) is 9.23. The highest BCUT2D eigenvalue weighted by molar-refractivity contribution is 6.48. The zero-order valence-electron chi connectivity index (χ0n) is 16.1. The Labute approximate surface area is 178 Å². The molecule has 4 rings (SSSR count). The summed E-state index contributed by atoms with van der Waals surface area (Å²) in [5, 5.41) is 3.92. The molecule has 30 heavy (non-hydrogen) atoms. The minimum Gasteiger partial charge on any atom is -0.495 e. The molecule has 4 aromatic rings. The van der Waals surface area contributed by atoms with E-state index in [9.17, 15) is 9.59 Å². The Morgan fingerprint density at radius 1 is 1.07 bits per heavy atom. The average molecular weight is 420 g/mol. The molecule has 0 saturated heterocycles. The Morgan fingerprint density at radius 2 is 1.80 bits per heavy atom. The van der Waals surface area contributed by atoms with Gasteiger partial charge in [0.2, 0.25) is 0 Å². The van der Waals surface area contributed by atoms with Gasteiger partial charge in [-0.15, -0.1) is 0 Å². The average Bonchev–Trinajstić information content (AvgIpc) is 3.14. The molecule has 0 radical (unpaired) electrons. The predicted molar refractivity (Wildman–Crippen MR) is 116 cm³/mol. The van der Waals surface area contributed by atoms with Crippen LogP contribution in [0.5, 0.6) is 5.75 Å². The zero-order chi connectivity index (χ0) is 21.1. The number of ketones is 1. The summed E-state index contributed by atoms with van der Waals surface area (Å²) in [4.78, 5) is 29.5. The molecule has 0 aliphatic heterocycles. The van der Waals surface area contributed by atoms with Crippen LogP contribution < -0.4 is 10.1 Å². The maximum atomic E-state index is 13.0. The fraction of sp³-hybridized carbons (Fsp3) is 0.0870.